The summed E-state index contributed by atoms with van der Waals surface area (Å²) in [5.41, 5.74) is 9.31. The first-order chi connectivity index (χ1) is 8.92. The first-order valence-corrected chi connectivity index (χ1v) is 6.60. The lowest BCUT2D eigenvalue weighted by Gasteiger charge is -2.16. The first-order valence-electron chi connectivity index (χ1n) is 6.60. The molecule has 0 aliphatic rings. The van der Waals surface area contributed by atoms with Gasteiger partial charge in [-0.05, 0) is 43.9 Å². The van der Waals surface area contributed by atoms with Crippen LogP contribution in [0.2, 0.25) is 0 Å². The zero-order valence-corrected chi connectivity index (χ0v) is 12.0. The summed E-state index contributed by atoms with van der Waals surface area (Å²) >= 11 is 0. The van der Waals surface area contributed by atoms with Crippen molar-refractivity contribution in [3.05, 3.63) is 46.6 Å². The summed E-state index contributed by atoms with van der Waals surface area (Å²) in [7, 11) is 0. The Balaban J connectivity index is 2.18. The van der Waals surface area contributed by atoms with Crippen molar-refractivity contribution in [3.8, 4) is 0 Å². The monoisotopic (exact) mass is 259 g/mol. The van der Waals surface area contributed by atoms with Gasteiger partial charge in [0.05, 0.1) is 12.0 Å². The van der Waals surface area contributed by atoms with Crippen molar-refractivity contribution in [3.63, 3.8) is 0 Å². The summed E-state index contributed by atoms with van der Waals surface area (Å²) in [6, 6.07) is 6.36. The van der Waals surface area contributed by atoms with Crippen molar-refractivity contribution in [2.45, 2.75) is 46.1 Å². The number of nitrogens with zero attached hydrogens (tertiary/aromatic N) is 2. The molecule has 1 aromatic heterocycles. The number of nitrogens with two attached hydrogens (primary N) is 1. The average molecular weight is 259 g/mol. The molecule has 0 aliphatic heterocycles. The minimum atomic E-state index is -0.523. The molecular weight excluding hydrogens is 238 g/mol. The van der Waals surface area contributed by atoms with Crippen molar-refractivity contribution in [2.24, 2.45) is 5.73 Å². The van der Waals surface area contributed by atoms with E-state index in [1.165, 1.54) is 16.7 Å². The Kier molecular flexibility index (Phi) is 3.71. The Morgan fingerprint density at radius 1 is 1.26 bits per heavy atom. The van der Waals surface area contributed by atoms with E-state index in [4.69, 9.17) is 10.3 Å². The molecule has 0 bridgehead atoms. The van der Waals surface area contributed by atoms with Crippen LogP contribution in [0.1, 0.15) is 48.7 Å². The lowest BCUT2D eigenvalue weighted by molar-refractivity contribution is 0.356. The molecule has 2 N–H and O–H groups in total. The third-order valence-electron chi connectivity index (χ3n) is 3.64. The maximum Gasteiger partial charge on any atom is 0.231 e. The van der Waals surface area contributed by atoms with Gasteiger partial charge in [0.15, 0.2) is 5.82 Å². The standard InChI is InChI=1S/C15H21N3O/c1-5-15(4,16)14-17-13(19-18-14)9-12-7-6-10(2)11(3)8-12/h6-8H,5,9,16H2,1-4H3. The van der Waals surface area contributed by atoms with E-state index in [1.54, 1.807) is 0 Å². The molecule has 2 rings (SSSR count). The highest BCUT2D eigenvalue weighted by Gasteiger charge is 2.25. The van der Waals surface area contributed by atoms with Crippen LogP contribution in [0, 0.1) is 13.8 Å². The van der Waals surface area contributed by atoms with Crippen LogP contribution in [-0.4, -0.2) is 10.1 Å². The number of hydrogen-bond acceptors (Lipinski definition) is 4. The molecule has 0 spiro atoms. The van der Waals surface area contributed by atoms with Crippen LogP contribution < -0.4 is 5.73 Å². The molecule has 0 saturated heterocycles. The topological polar surface area (TPSA) is 64.9 Å². The van der Waals surface area contributed by atoms with Crippen LogP contribution in [0.4, 0.5) is 0 Å². The quantitative estimate of drug-likeness (QED) is 0.917. The SMILES string of the molecule is CCC(C)(N)c1noc(Cc2ccc(C)c(C)c2)n1. The van der Waals surface area contributed by atoms with Gasteiger partial charge >= 0.3 is 0 Å². The predicted octanol–water partition coefficient (Wildman–Crippen LogP) is 2.86. The maximum absolute atomic E-state index is 6.10. The third-order valence-corrected chi connectivity index (χ3v) is 3.64. The fourth-order valence-electron chi connectivity index (χ4n) is 1.80. The van der Waals surface area contributed by atoms with Crippen molar-refractivity contribution in [1.29, 1.82) is 0 Å². The maximum atomic E-state index is 6.10. The smallest absolute Gasteiger partial charge is 0.231 e. The molecule has 1 aromatic carbocycles. The molecule has 1 unspecified atom stereocenters. The molecule has 1 atom stereocenters. The normalized spacial score (nSPS) is 14.4. The second-order valence-corrected chi connectivity index (χ2v) is 5.38. The van der Waals surface area contributed by atoms with Gasteiger partial charge in [-0.2, -0.15) is 4.98 Å². The van der Waals surface area contributed by atoms with E-state index in [9.17, 15) is 0 Å². The van der Waals surface area contributed by atoms with E-state index in [0.717, 1.165) is 6.42 Å². The number of hydrogen-bond donors (Lipinski definition) is 1. The highest BCUT2D eigenvalue weighted by molar-refractivity contribution is 5.31. The molecule has 102 valence electrons. The van der Waals surface area contributed by atoms with Crippen molar-refractivity contribution in [1.82, 2.24) is 10.1 Å². The van der Waals surface area contributed by atoms with Gasteiger partial charge < -0.3 is 10.3 Å². The van der Waals surface area contributed by atoms with E-state index < -0.39 is 5.54 Å². The van der Waals surface area contributed by atoms with Crippen molar-refractivity contribution >= 4 is 0 Å². The molecule has 0 fully saturated rings. The van der Waals surface area contributed by atoms with Crippen LogP contribution in [0.25, 0.3) is 0 Å². The van der Waals surface area contributed by atoms with E-state index in [-0.39, 0.29) is 0 Å². The molecule has 0 radical (unpaired) electrons. The molecule has 1 heterocycles. The molecular formula is C15H21N3O. The Morgan fingerprint density at radius 2 is 2.00 bits per heavy atom. The van der Waals surface area contributed by atoms with E-state index in [2.05, 4.69) is 42.2 Å². The summed E-state index contributed by atoms with van der Waals surface area (Å²) < 4.78 is 5.29. The molecule has 19 heavy (non-hydrogen) atoms. The molecule has 0 aliphatic carbocycles. The lowest BCUT2D eigenvalue weighted by Crippen LogP contribution is -2.33. The summed E-state index contributed by atoms with van der Waals surface area (Å²) in [6.45, 7) is 8.13. The Morgan fingerprint density at radius 3 is 2.63 bits per heavy atom. The average Bonchev–Trinajstić information content (AvgIpc) is 2.83. The summed E-state index contributed by atoms with van der Waals surface area (Å²) in [6.07, 6.45) is 1.42. The minimum absolute atomic E-state index is 0.523. The van der Waals surface area contributed by atoms with Gasteiger partial charge in [0.25, 0.3) is 0 Å². The number of benzene rings is 1. The molecule has 4 nitrogen and oxygen atoms in total. The number of aryl methyl sites for hydroxylation is 2. The summed E-state index contributed by atoms with van der Waals surface area (Å²) in [5.74, 6) is 1.19. The highest BCUT2D eigenvalue weighted by atomic mass is 16.5. The van der Waals surface area contributed by atoms with Crippen molar-refractivity contribution in [2.75, 3.05) is 0 Å². The fraction of sp³-hybridized carbons (Fsp3) is 0.467. The zero-order chi connectivity index (χ0) is 14.0. The largest absolute Gasteiger partial charge is 0.339 e. The van der Waals surface area contributed by atoms with Gasteiger partial charge in [0.2, 0.25) is 5.89 Å². The van der Waals surface area contributed by atoms with E-state index in [1.807, 2.05) is 13.8 Å². The van der Waals surface area contributed by atoms with Crippen LogP contribution >= 0.6 is 0 Å². The Hall–Kier alpha value is -1.68. The van der Waals surface area contributed by atoms with Gasteiger partial charge in [0.1, 0.15) is 0 Å². The van der Waals surface area contributed by atoms with Crippen LogP contribution in [0.3, 0.4) is 0 Å². The van der Waals surface area contributed by atoms with Gasteiger partial charge in [-0.3, -0.25) is 0 Å². The van der Waals surface area contributed by atoms with E-state index >= 15 is 0 Å². The molecule has 4 heteroatoms. The van der Waals surface area contributed by atoms with Crippen molar-refractivity contribution < 1.29 is 4.52 Å². The Bertz CT molecular complexity index is 573. The second-order valence-electron chi connectivity index (χ2n) is 5.38. The summed E-state index contributed by atoms with van der Waals surface area (Å²) in [5, 5.41) is 3.98. The van der Waals surface area contributed by atoms with Crippen LogP contribution in [0.15, 0.2) is 22.7 Å². The first kappa shape index (κ1) is 13.7. The minimum Gasteiger partial charge on any atom is -0.339 e. The predicted molar refractivity (Wildman–Crippen MR) is 74.9 cm³/mol. The van der Waals surface area contributed by atoms with Crippen LogP contribution in [-0.2, 0) is 12.0 Å². The van der Waals surface area contributed by atoms with Gasteiger partial charge in [-0.15, -0.1) is 0 Å². The Labute approximate surface area is 114 Å². The summed E-state index contributed by atoms with van der Waals surface area (Å²) in [4.78, 5) is 4.40. The molecule has 2 aromatic rings. The van der Waals surface area contributed by atoms with Gasteiger partial charge in [-0.1, -0.05) is 30.3 Å². The fourth-order valence-corrected chi connectivity index (χ4v) is 1.80. The van der Waals surface area contributed by atoms with Gasteiger partial charge in [-0.25, -0.2) is 0 Å². The van der Waals surface area contributed by atoms with Gasteiger partial charge in [0, 0.05) is 0 Å². The third kappa shape index (κ3) is 3.01. The highest BCUT2D eigenvalue weighted by Crippen LogP contribution is 2.19. The number of aromatic nitrogens is 2. The van der Waals surface area contributed by atoms with Crippen LogP contribution in [0.5, 0.6) is 0 Å². The number of rotatable bonds is 4. The molecule has 0 saturated carbocycles. The molecule has 0 amide bonds. The second kappa shape index (κ2) is 5.13. The zero-order valence-electron chi connectivity index (χ0n) is 12.0. The lowest BCUT2D eigenvalue weighted by atomic mass is 10.00. The van der Waals surface area contributed by atoms with E-state index in [0.29, 0.717) is 18.1 Å².